The van der Waals surface area contributed by atoms with Crippen molar-refractivity contribution in [3.05, 3.63) is 35.2 Å². The third-order valence-electron chi connectivity index (χ3n) is 2.68. The molecule has 4 nitrogen and oxygen atoms in total. The van der Waals surface area contributed by atoms with Crippen molar-refractivity contribution in [2.45, 2.75) is 5.92 Å². The molecule has 0 unspecified atom stereocenters. The number of benzene rings is 1. The second-order valence-corrected chi connectivity index (χ2v) is 4.19. The summed E-state index contributed by atoms with van der Waals surface area (Å²) in [4.78, 5) is 0. The van der Waals surface area contributed by atoms with Crippen LogP contribution in [0.25, 0.3) is 11.5 Å². The minimum absolute atomic E-state index is 0.351. The lowest BCUT2D eigenvalue weighted by Crippen LogP contribution is -2.40. The summed E-state index contributed by atoms with van der Waals surface area (Å²) < 4.78 is 5.61. The van der Waals surface area contributed by atoms with Crippen molar-refractivity contribution in [1.29, 1.82) is 0 Å². The monoisotopic (exact) mass is 235 g/mol. The van der Waals surface area contributed by atoms with Crippen molar-refractivity contribution in [2.24, 2.45) is 0 Å². The van der Waals surface area contributed by atoms with E-state index in [1.54, 1.807) is 0 Å². The summed E-state index contributed by atoms with van der Waals surface area (Å²) in [7, 11) is 0. The summed E-state index contributed by atoms with van der Waals surface area (Å²) in [6, 6.07) is 7.46. The van der Waals surface area contributed by atoms with Crippen LogP contribution in [0.4, 0.5) is 0 Å². The van der Waals surface area contributed by atoms with Gasteiger partial charge >= 0.3 is 0 Å². The molecule has 1 aliphatic heterocycles. The van der Waals surface area contributed by atoms with Crippen molar-refractivity contribution in [3.63, 3.8) is 0 Å². The van der Waals surface area contributed by atoms with Gasteiger partial charge in [0.1, 0.15) is 0 Å². The fourth-order valence-electron chi connectivity index (χ4n) is 1.61. The van der Waals surface area contributed by atoms with Gasteiger partial charge in [-0.15, -0.1) is 10.2 Å². The van der Waals surface area contributed by atoms with Gasteiger partial charge in [0, 0.05) is 13.1 Å². The molecule has 0 atom stereocenters. The number of halogens is 1. The summed E-state index contributed by atoms with van der Waals surface area (Å²) in [6.45, 7) is 1.81. The van der Waals surface area contributed by atoms with E-state index < -0.39 is 0 Å². The van der Waals surface area contributed by atoms with E-state index in [-0.39, 0.29) is 0 Å². The van der Waals surface area contributed by atoms with E-state index >= 15 is 0 Å². The molecule has 3 rings (SSSR count). The van der Waals surface area contributed by atoms with Gasteiger partial charge in [0.15, 0.2) is 0 Å². The van der Waals surface area contributed by atoms with Gasteiger partial charge in [-0.05, 0) is 12.1 Å². The van der Waals surface area contributed by atoms with Gasteiger partial charge < -0.3 is 9.73 Å². The number of hydrogen-bond acceptors (Lipinski definition) is 4. The Hall–Kier alpha value is -1.39. The molecule has 1 saturated heterocycles. The molecule has 0 spiro atoms. The van der Waals surface area contributed by atoms with E-state index in [9.17, 15) is 0 Å². The maximum absolute atomic E-state index is 6.06. The first-order valence-corrected chi connectivity index (χ1v) is 5.51. The molecule has 0 aliphatic carbocycles. The molecule has 16 heavy (non-hydrogen) atoms. The second kappa shape index (κ2) is 3.88. The minimum atomic E-state index is 0.351. The third kappa shape index (κ3) is 1.60. The standard InChI is InChI=1S/C11H10ClN3O/c12-9-4-2-1-3-8(9)11-15-14-10(16-11)7-5-13-6-7/h1-4,7,13H,5-6H2. The van der Waals surface area contributed by atoms with E-state index in [1.807, 2.05) is 24.3 Å². The maximum Gasteiger partial charge on any atom is 0.249 e. The zero-order valence-corrected chi connectivity index (χ0v) is 9.24. The van der Waals surface area contributed by atoms with Gasteiger partial charge in [-0.25, -0.2) is 0 Å². The van der Waals surface area contributed by atoms with Crippen LogP contribution in [0.3, 0.4) is 0 Å². The lowest BCUT2D eigenvalue weighted by atomic mass is 10.0. The van der Waals surface area contributed by atoms with E-state index in [0.717, 1.165) is 18.7 Å². The fourth-order valence-corrected chi connectivity index (χ4v) is 1.82. The van der Waals surface area contributed by atoms with E-state index in [0.29, 0.717) is 22.7 Å². The zero-order valence-electron chi connectivity index (χ0n) is 8.48. The summed E-state index contributed by atoms with van der Waals surface area (Å²) in [5.74, 6) is 1.53. The molecule has 1 fully saturated rings. The average molecular weight is 236 g/mol. The number of nitrogens with zero attached hydrogens (tertiary/aromatic N) is 2. The molecule has 5 heteroatoms. The normalized spacial score (nSPS) is 16.1. The predicted octanol–water partition coefficient (Wildman–Crippen LogP) is 2.08. The van der Waals surface area contributed by atoms with Crippen molar-refractivity contribution >= 4 is 11.6 Å². The van der Waals surface area contributed by atoms with Crippen molar-refractivity contribution < 1.29 is 4.42 Å². The molecular formula is C11H10ClN3O. The zero-order chi connectivity index (χ0) is 11.0. The molecule has 0 amide bonds. The van der Waals surface area contributed by atoms with Crippen LogP contribution in [0.1, 0.15) is 11.8 Å². The molecule has 2 aromatic rings. The molecule has 1 aliphatic rings. The van der Waals surface area contributed by atoms with Gasteiger partial charge in [0.25, 0.3) is 0 Å². The Morgan fingerprint density at radius 2 is 2.06 bits per heavy atom. The highest BCUT2D eigenvalue weighted by Crippen LogP contribution is 2.28. The topological polar surface area (TPSA) is 51.0 Å². The number of nitrogens with one attached hydrogen (secondary N) is 1. The number of rotatable bonds is 2. The van der Waals surface area contributed by atoms with Crippen molar-refractivity contribution in [1.82, 2.24) is 15.5 Å². The van der Waals surface area contributed by atoms with Gasteiger partial charge in [-0.3, -0.25) is 0 Å². The highest BCUT2D eigenvalue weighted by molar-refractivity contribution is 6.33. The molecule has 1 N–H and O–H groups in total. The third-order valence-corrected chi connectivity index (χ3v) is 3.01. The van der Waals surface area contributed by atoms with Crippen LogP contribution in [-0.4, -0.2) is 23.3 Å². The minimum Gasteiger partial charge on any atom is -0.420 e. The second-order valence-electron chi connectivity index (χ2n) is 3.78. The van der Waals surface area contributed by atoms with Gasteiger partial charge in [-0.2, -0.15) is 0 Å². The highest BCUT2D eigenvalue weighted by Gasteiger charge is 2.25. The van der Waals surface area contributed by atoms with Crippen LogP contribution in [0.2, 0.25) is 5.02 Å². The molecule has 1 aromatic carbocycles. The Balaban J connectivity index is 1.95. The Morgan fingerprint density at radius 1 is 1.25 bits per heavy atom. The van der Waals surface area contributed by atoms with E-state index in [4.69, 9.17) is 16.0 Å². The van der Waals surface area contributed by atoms with Crippen molar-refractivity contribution in [3.8, 4) is 11.5 Å². The highest BCUT2D eigenvalue weighted by atomic mass is 35.5. The molecular weight excluding hydrogens is 226 g/mol. The SMILES string of the molecule is Clc1ccccc1-c1nnc(C2CNC2)o1. The summed E-state index contributed by atoms with van der Waals surface area (Å²) in [5.41, 5.74) is 0.787. The van der Waals surface area contributed by atoms with Crippen molar-refractivity contribution in [2.75, 3.05) is 13.1 Å². The molecule has 82 valence electrons. The molecule has 2 heterocycles. The summed E-state index contributed by atoms with van der Waals surface area (Å²) >= 11 is 6.06. The van der Waals surface area contributed by atoms with Gasteiger partial charge in [-0.1, -0.05) is 23.7 Å². The van der Waals surface area contributed by atoms with Crippen LogP contribution in [0.5, 0.6) is 0 Å². The van der Waals surface area contributed by atoms with Crippen LogP contribution in [0.15, 0.2) is 28.7 Å². The molecule has 1 aromatic heterocycles. The lowest BCUT2D eigenvalue weighted by molar-refractivity contribution is 0.361. The summed E-state index contributed by atoms with van der Waals surface area (Å²) in [5, 5.41) is 11.9. The van der Waals surface area contributed by atoms with Gasteiger partial charge in [0.05, 0.1) is 16.5 Å². The summed E-state index contributed by atoms with van der Waals surface area (Å²) in [6.07, 6.45) is 0. The van der Waals surface area contributed by atoms with Gasteiger partial charge in [0.2, 0.25) is 11.8 Å². The Labute approximate surface area is 97.6 Å². The molecule has 0 saturated carbocycles. The molecule has 0 bridgehead atoms. The largest absolute Gasteiger partial charge is 0.420 e. The van der Waals surface area contributed by atoms with Crippen LogP contribution in [-0.2, 0) is 0 Å². The number of aromatic nitrogens is 2. The first kappa shape index (κ1) is 9.81. The van der Waals surface area contributed by atoms with E-state index in [1.165, 1.54) is 0 Å². The fraction of sp³-hybridized carbons (Fsp3) is 0.273. The average Bonchev–Trinajstić information content (AvgIpc) is 2.65. The van der Waals surface area contributed by atoms with Crippen LogP contribution in [0, 0.1) is 0 Å². The van der Waals surface area contributed by atoms with E-state index in [2.05, 4.69) is 15.5 Å². The lowest BCUT2D eigenvalue weighted by Gasteiger charge is -2.22. The van der Waals surface area contributed by atoms with Crippen LogP contribution >= 0.6 is 11.6 Å². The Morgan fingerprint density at radius 3 is 2.75 bits per heavy atom. The smallest absolute Gasteiger partial charge is 0.249 e. The maximum atomic E-state index is 6.06. The Bertz CT molecular complexity index is 507. The number of hydrogen-bond donors (Lipinski definition) is 1. The molecule has 0 radical (unpaired) electrons. The first-order valence-electron chi connectivity index (χ1n) is 5.13. The van der Waals surface area contributed by atoms with Crippen LogP contribution < -0.4 is 5.32 Å². The quantitative estimate of drug-likeness (QED) is 0.866. The Kier molecular flexibility index (Phi) is 2.38. The predicted molar refractivity (Wildman–Crippen MR) is 60.4 cm³/mol. The first-order chi connectivity index (χ1) is 7.84.